The number of benzene rings is 1. The van der Waals surface area contributed by atoms with E-state index in [2.05, 4.69) is 35.2 Å². The zero-order chi connectivity index (χ0) is 17.4. The van der Waals surface area contributed by atoms with Gasteiger partial charge in [-0.2, -0.15) is 0 Å². The van der Waals surface area contributed by atoms with E-state index in [1.165, 1.54) is 77.3 Å². The van der Waals surface area contributed by atoms with Crippen LogP contribution in [0.3, 0.4) is 0 Å². The molecule has 1 saturated heterocycles. The third-order valence-corrected chi connectivity index (χ3v) is 6.54. The van der Waals surface area contributed by atoms with Crippen LogP contribution in [0.15, 0.2) is 30.3 Å². The van der Waals surface area contributed by atoms with Gasteiger partial charge in [-0.3, -0.25) is 0 Å². The van der Waals surface area contributed by atoms with Gasteiger partial charge in [0.25, 0.3) is 0 Å². The van der Waals surface area contributed by atoms with E-state index in [-0.39, 0.29) is 0 Å². The van der Waals surface area contributed by atoms with Crippen molar-refractivity contribution in [3.63, 3.8) is 0 Å². The summed E-state index contributed by atoms with van der Waals surface area (Å²) in [5.41, 5.74) is 0.521. The molecular formula is C23H37NO. The van der Waals surface area contributed by atoms with Crippen LogP contribution in [0.4, 0.5) is 0 Å². The van der Waals surface area contributed by atoms with Gasteiger partial charge in [0.1, 0.15) is 0 Å². The molecule has 140 valence electrons. The van der Waals surface area contributed by atoms with Crippen LogP contribution in [0.1, 0.15) is 82.6 Å². The molecule has 0 radical (unpaired) electrons. The van der Waals surface area contributed by atoms with Crippen LogP contribution in [-0.2, 0) is 5.60 Å². The van der Waals surface area contributed by atoms with Crippen molar-refractivity contribution in [1.82, 2.24) is 4.90 Å². The van der Waals surface area contributed by atoms with Gasteiger partial charge in [-0.1, -0.05) is 68.9 Å². The van der Waals surface area contributed by atoms with Gasteiger partial charge in [0, 0.05) is 0 Å². The topological polar surface area (TPSA) is 23.5 Å². The van der Waals surface area contributed by atoms with Gasteiger partial charge in [0.05, 0.1) is 5.60 Å². The zero-order valence-corrected chi connectivity index (χ0v) is 16.0. The Labute approximate surface area is 154 Å². The summed E-state index contributed by atoms with van der Waals surface area (Å²) < 4.78 is 0. The Bertz CT molecular complexity index is 474. The molecule has 1 aromatic rings. The number of hydrogen-bond acceptors (Lipinski definition) is 2. The van der Waals surface area contributed by atoms with Gasteiger partial charge in [-0.25, -0.2) is 0 Å². The van der Waals surface area contributed by atoms with Crippen molar-refractivity contribution in [2.24, 2.45) is 5.92 Å². The van der Waals surface area contributed by atoms with Gasteiger partial charge < -0.3 is 10.0 Å². The lowest BCUT2D eigenvalue weighted by atomic mass is 9.72. The van der Waals surface area contributed by atoms with Crippen molar-refractivity contribution in [2.45, 2.75) is 82.7 Å². The summed E-state index contributed by atoms with van der Waals surface area (Å²) in [5.74, 6) is 0.427. The second-order valence-corrected chi connectivity index (χ2v) is 8.34. The van der Waals surface area contributed by atoms with Gasteiger partial charge in [-0.15, -0.1) is 0 Å². The number of hydrogen-bond donors (Lipinski definition) is 1. The van der Waals surface area contributed by atoms with Crippen molar-refractivity contribution >= 4 is 0 Å². The van der Waals surface area contributed by atoms with Crippen LogP contribution in [0.2, 0.25) is 0 Å². The van der Waals surface area contributed by atoms with E-state index in [1.807, 2.05) is 0 Å². The SMILES string of the molecule is OC(CCCN1CCCCC1)(c1ccccc1)C1CCCCCCC1. The predicted molar refractivity (Wildman–Crippen MR) is 106 cm³/mol. The Hall–Kier alpha value is -0.860. The summed E-state index contributed by atoms with van der Waals surface area (Å²) in [6.07, 6.45) is 15.1. The smallest absolute Gasteiger partial charge is 0.0925 e. The Balaban J connectivity index is 1.67. The molecular weight excluding hydrogens is 306 g/mol. The number of likely N-dealkylation sites (tertiary alicyclic amines) is 1. The van der Waals surface area contributed by atoms with Crippen LogP contribution in [0.25, 0.3) is 0 Å². The standard InChI is InChI=1S/C23H37NO/c25-23(22-15-8-4-9-16-22,21-13-6-2-1-3-7-14-21)17-12-20-24-18-10-5-11-19-24/h4,8-9,15-16,21,25H,1-3,5-7,10-14,17-20H2. The highest BCUT2D eigenvalue weighted by Gasteiger charge is 2.37. The van der Waals surface area contributed by atoms with Crippen molar-refractivity contribution < 1.29 is 5.11 Å². The second-order valence-electron chi connectivity index (χ2n) is 8.34. The third-order valence-electron chi connectivity index (χ3n) is 6.54. The maximum Gasteiger partial charge on any atom is 0.0925 e. The average Bonchev–Trinajstić information content (AvgIpc) is 2.63. The summed E-state index contributed by atoms with van der Waals surface area (Å²) in [5, 5.41) is 11.8. The maximum absolute atomic E-state index is 11.8. The van der Waals surface area contributed by atoms with Crippen LogP contribution >= 0.6 is 0 Å². The monoisotopic (exact) mass is 343 g/mol. The highest BCUT2D eigenvalue weighted by atomic mass is 16.3. The minimum atomic E-state index is -0.631. The summed E-state index contributed by atoms with van der Waals surface area (Å²) in [6.45, 7) is 3.67. The molecule has 2 aliphatic rings. The Morgan fingerprint density at radius 2 is 1.44 bits per heavy atom. The minimum absolute atomic E-state index is 0.427. The van der Waals surface area contributed by atoms with E-state index in [0.717, 1.165) is 24.9 Å². The van der Waals surface area contributed by atoms with Crippen molar-refractivity contribution in [1.29, 1.82) is 0 Å². The number of piperidine rings is 1. The van der Waals surface area contributed by atoms with E-state index in [9.17, 15) is 5.11 Å². The molecule has 1 aromatic carbocycles. The molecule has 1 aliphatic carbocycles. The normalized spacial score (nSPS) is 23.6. The molecule has 0 amide bonds. The lowest BCUT2D eigenvalue weighted by molar-refractivity contribution is -0.0453. The number of aliphatic hydroxyl groups is 1. The maximum atomic E-state index is 11.8. The summed E-state index contributed by atoms with van der Waals surface area (Å²) in [6, 6.07) is 10.6. The second kappa shape index (κ2) is 9.73. The minimum Gasteiger partial charge on any atom is -0.385 e. The van der Waals surface area contributed by atoms with Crippen molar-refractivity contribution in [3.8, 4) is 0 Å². The molecule has 1 unspecified atom stereocenters. The summed E-state index contributed by atoms with van der Waals surface area (Å²) in [4.78, 5) is 2.60. The molecule has 1 atom stereocenters. The fourth-order valence-electron chi connectivity index (χ4n) is 5.00. The van der Waals surface area contributed by atoms with E-state index in [0.29, 0.717) is 5.92 Å². The molecule has 1 heterocycles. The zero-order valence-electron chi connectivity index (χ0n) is 16.0. The van der Waals surface area contributed by atoms with Gasteiger partial charge in [-0.05, 0) is 69.6 Å². The first-order chi connectivity index (χ1) is 12.3. The first kappa shape index (κ1) is 18.9. The van der Waals surface area contributed by atoms with E-state index < -0.39 is 5.60 Å². The van der Waals surface area contributed by atoms with Gasteiger partial charge >= 0.3 is 0 Å². The number of nitrogens with zero attached hydrogens (tertiary/aromatic N) is 1. The molecule has 2 nitrogen and oxygen atoms in total. The average molecular weight is 344 g/mol. The van der Waals surface area contributed by atoms with Crippen LogP contribution in [-0.4, -0.2) is 29.6 Å². The molecule has 0 spiro atoms. The van der Waals surface area contributed by atoms with Gasteiger partial charge in [0.2, 0.25) is 0 Å². The Morgan fingerprint density at radius 3 is 2.12 bits per heavy atom. The largest absolute Gasteiger partial charge is 0.385 e. The quantitative estimate of drug-likeness (QED) is 0.737. The van der Waals surface area contributed by atoms with Crippen LogP contribution in [0.5, 0.6) is 0 Å². The lowest BCUT2D eigenvalue weighted by Crippen LogP contribution is -2.37. The molecule has 25 heavy (non-hydrogen) atoms. The van der Waals surface area contributed by atoms with E-state index in [4.69, 9.17) is 0 Å². The molecule has 2 fully saturated rings. The molecule has 1 aliphatic heterocycles. The molecule has 1 saturated carbocycles. The highest BCUT2D eigenvalue weighted by Crippen LogP contribution is 2.41. The summed E-state index contributed by atoms with van der Waals surface area (Å²) >= 11 is 0. The van der Waals surface area contributed by atoms with Crippen molar-refractivity contribution in [3.05, 3.63) is 35.9 Å². The van der Waals surface area contributed by atoms with E-state index in [1.54, 1.807) is 0 Å². The molecule has 2 heteroatoms. The van der Waals surface area contributed by atoms with Crippen molar-refractivity contribution in [2.75, 3.05) is 19.6 Å². The van der Waals surface area contributed by atoms with E-state index >= 15 is 0 Å². The predicted octanol–water partition coefficient (Wildman–Crippen LogP) is 5.50. The van der Waals surface area contributed by atoms with Crippen LogP contribution < -0.4 is 0 Å². The molecule has 0 aromatic heterocycles. The number of rotatable bonds is 6. The Morgan fingerprint density at radius 1 is 0.840 bits per heavy atom. The first-order valence-electron chi connectivity index (χ1n) is 10.8. The van der Waals surface area contributed by atoms with Gasteiger partial charge in [0.15, 0.2) is 0 Å². The Kier molecular flexibility index (Phi) is 7.36. The van der Waals surface area contributed by atoms with Crippen LogP contribution in [0, 0.1) is 5.92 Å². The lowest BCUT2D eigenvalue weighted by Gasteiger charge is -2.39. The third kappa shape index (κ3) is 5.31. The molecule has 3 rings (SSSR count). The molecule has 1 N–H and O–H groups in total. The first-order valence-corrected chi connectivity index (χ1v) is 10.8. The molecule has 0 bridgehead atoms. The summed E-state index contributed by atoms with van der Waals surface area (Å²) in [7, 11) is 0. The fraction of sp³-hybridized carbons (Fsp3) is 0.739. The highest BCUT2D eigenvalue weighted by molar-refractivity contribution is 5.23. The fourth-order valence-corrected chi connectivity index (χ4v) is 5.00.